The predicted molar refractivity (Wildman–Crippen MR) is 102 cm³/mol. The van der Waals surface area contributed by atoms with Gasteiger partial charge in [-0.3, -0.25) is 4.40 Å². The van der Waals surface area contributed by atoms with Gasteiger partial charge in [-0.05, 0) is 31.2 Å². The highest BCUT2D eigenvalue weighted by atomic mass is 32.2. The fourth-order valence-corrected chi connectivity index (χ4v) is 4.66. The SMILES string of the molecule is Cc1nc2sccn2c1-c1csc(Nc2ccc(S(C)(=O)=O)cc2)n1. The van der Waals surface area contributed by atoms with Crippen molar-refractivity contribution in [3.8, 4) is 11.4 Å². The van der Waals surface area contributed by atoms with Gasteiger partial charge in [-0.25, -0.2) is 18.4 Å². The van der Waals surface area contributed by atoms with Gasteiger partial charge in [0.25, 0.3) is 0 Å². The highest BCUT2D eigenvalue weighted by Crippen LogP contribution is 2.31. The Labute approximate surface area is 152 Å². The molecule has 4 rings (SSSR count). The summed E-state index contributed by atoms with van der Waals surface area (Å²) in [7, 11) is -3.19. The Morgan fingerprint density at radius 1 is 1.12 bits per heavy atom. The van der Waals surface area contributed by atoms with Crippen molar-refractivity contribution in [1.29, 1.82) is 0 Å². The second-order valence-corrected chi connectivity index (χ2v) is 9.31. The standard InChI is InChI=1S/C16H14N4O2S3/c1-10-14(20-7-8-23-16(20)17-10)13-9-24-15(19-13)18-11-3-5-12(6-4-11)25(2,21)22/h3-9H,1-2H3,(H,18,19). The molecule has 0 radical (unpaired) electrons. The van der Waals surface area contributed by atoms with Gasteiger partial charge in [0.2, 0.25) is 0 Å². The molecule has 0 saturated carbocycles. The molecule has 1 aromatic carbocycles. The number of imidazole rings is 1. The summed E-state index contributed by atoms with van der Waals surface area (Å²) in [6.45, 7) is 1.98. The third-order valence-electron chi connectivity index (χ3n) is 3.72. The van der Waals surface area contributed by atoms with Crippen molar-refractivity contribution < 1.29 is 8.42 Å². The van der Waals surface area contributed by atoms with Gasteiger partial charge in [-0.2, -0.15) is 0 Å². The topological polar surface area (TPSA) is 76.4 Å². The maximum atomic E-state index is 11.5. The van der Waals surface area contributed by atoms with Gasteiger partial charge in [0.05, 0.1) is 16.3 Å². The van der Waals surface area contributed by atoms with Gasteiger partial charge in [0.1, 0.15) is 5.69 Å². The lowest BCUT2D eigenvalue weighted by molar-refractivity contribution is 0.602. The van der Waals surface area contributed by atoms with Crippen molar-refractivity contribution in [2.45, 2.75) is 11.8 Å². The maximum absolute atomic E-state index is 11.5. The zero-order valence-electron chi connectivity index (χ0n) is 13.4. The first-order valence-corrected chi connectivity index (χ1v) is 11.0. The van der Waals surface area contributed by atoms with E-state index in [2.05, 4.69) is 15.3 Å². The number of rotatable bonds is 4. The summed E-state index contributed by atoms with van der Waals surface area (Å²) in [6, 6.07) is 6.64. The van der Waals surface area contributed by atoms with E-state index < -0.39 is 9.84 Å². The Morgan fingerprint density at radius 2 is 1.88 bits per heavy atom. The lowest BCUT2D eigenvalue weighted by Crippen LogP contribution is -1.97. The largest absolute Gasteiger partial charge is 0.332 e. The minimum absolute atomic E-state index is 0.299. The highest BCUT2D eigenvalue weighted by Gasteiger charge is 2.15. The van der Waals surface area contributed by atoms with Gasteiger partial charge < -0.3 is 5.32 Å². The number of benzene rings is 1. The second kappa shape index (κ2) is 5.94. The van der Waals surface area contributed by atoms with Gasteiger partial charge in [-0.1, -0.05) is 0 Å². The quantitative estimate of drug-likeness (QED) is 0.570. The molecular weight excluding hydrogens is 376 g/mol. The average molecular weight is 391 g/mol. The number of fused-ring (bicyclic) bond motifs is 1. The fraction of sp³-hybridized carbons (Fsp3) is 0.125. The molecule has 128 valence electrons. The highest BCUT2D eigenvalue weighted by molar-refractivity contribution is 7.90. The maximum Gasteiger partial charge on any atom is 0.194 e. The minimum Gasteiger partial charge on any atom is -0.332 e. The van der Waals surface area contributed by atoms with Crippen LogP contribution >= 0.6 is 22.7 Å². The number of sulfone groups is 1. The molecule has 0 unspecified atom stereocenters. The summed E-state index contributed by atoms with van der Waals surface area (Å²) in [5.41, 5.74) is 3.59. The summed E-state index contributed by atoms with van der Waals surface area (Å²) < 4.78 is 25.1. The second-order valence-electron chi connectivity index (χ2n) is 5.56. The van der Waals surface area contributed by atoms with Gasteiger partial charge in [-0.15, -0.1) is 22.7 Å². The molecule has 0 spiro atoms. The molecule has 6 nitrogen and oxygen atoms in total. The van der Waals surface area contributed by atoms with E-state index in [4.69, 9.17) is 0 Å². The number of aromatic nitrogens is 3. The van der Waals surface area contributed by atoms with Crippen LogP contribution < -0.4 is 5.32 Å². The number of hydrogen-bond donors (Lipinski definition) is 1. The smallest absolute Gasteiger partial charge is 0.194 e. The van der Waals surface area contributed by atoms with E-state index in [1.165, 1.54) is 17.6 Å². The molecule has 3 heterocycles. The summed E-state index contributed by atoms with van der Waals surface area (Å²) in [5, 5.41) is 7.94. The number of thiazole rings is 2. The molecule has 0 saturated heterocycles. The van der Waals surface area contributed by atoms with Crippen LogP contribution in [-0.2, 0) is 9.84 Å². The molecule has 0 amide bonds. The van der Waals surface area contributed by atoms with E-state index >= 15 is 0 Å². The zero-order valence-corrected chi connectivity index (χ0v) is 15.9. The van der Waals surface area contributed by atoms with E-state index in [0.29, 0.717) is 4.90 Å². The number of nitrogens with zero attached hydrogens (tertiary/aromatic N) is 3. The molecule has 25 heavy (non-hydrogen) atoms. The first-order valence-electron chi connectivity index (χ1n) is 7.37. The van der Waals surface area contributed by atoms with E-state index in [0.717, 1.165) is 32.9 Å². The summed E-state index contributed by atoms with van der Waals surface area (Å²) in [5.74, 6) is 0. The molecule has 0 fully saturated rings. The molecule has 3 aromatic heterocycles. The lowest BCUT2D eigenvalue weighted by atomic mass is 10.3. The summed E-state index contributed by atoms with van der Waals surface area (Å²) in [4.78, 5) is 10.4. The first-order chi connectivity index (χ1) is 11.9. The van der Waals surface area contributed by atoms with Gasteiger partial charge in [0, 0.05) is 28.9 Å². The van der Waals surface area contributed by atoms with Crippen molar-refractivity contribution >= 4 is 48.3 Å². The molecule has 4 aromatic rings. The van der Waals surface area contributed by atoms with Crippen LogP contribution in [0.25, 0.3) is 16.3 Å². The Hall–Kier alpha value is -2.23. The molecule has 9 heteroatoms. The Balaban J connectivity index is 1.62. The normalized spacial score (nSPS) is 11.9. The van der Waals surface area contributed by atoms with E-state index in [9.17, 15) is 8.42 Å². The number of anilines is 2. The van der Waals surface area contributed by atoms with Crippen molar-refractivity contribution in [3.63, 3.8) is 0 Å². The van der Waals surface area contributed by atoms with Crippen molar-refractivity contribution in [3.05, 3.63) is 46.9 Å². The van der Waals surface area contributed by atoms with Crippen LogP contribution in [-0.4, -0.2) is 29.0 Å². The predicted octanol–water partition coefficient (Wildman–Crippen LogP) is 3.97. The van der Waals surface area contributed by atoms with Crippen molar-refractivity contribution in [2.75, 3.05) is 11.6 Å². The van der Waals surface area contributed by atoms with Gasteiger partial charge in [0.15, 0.2) is 19.9 Å². The average Bonchev–Trinajstić information content (AvgIpc) is 3.23. The minimum atomic E-state index is -3.19. The van der Waals surface area contributed by atoms with Crippen molar-refractivity contribution in [1.82, 2.24) is 14.4 Å². The van der Waals surface area contributed by atoms with Crippen LogP contribution in [0.15, 0.2) is 46.1 Å². The van der Waals surface area contributed by atoms with E-state index in [1.54, 1.807) is 35.6 Å². The number of hydrogen-bond acceptors (Lipinski definition) is 7. The van der Waals surface area contributed by atoms with Crippen molar-refractivity contribution in [2.24, 2.45) is 0 Å². The van der Waals surface area contributed by atoms with Crippen LogP contribution in [0.4, 0.5) is 10.8 Å². The lowest BCUT2D eigenvalue weighted by Gasteiger charge is -2.03. The fourth-order valence-electron chi connectivity index (χ4n) is 2.55. The van der Waals surface area contributed by atoms with Crippen LogP contribution in [0.1, 0.15) is 5.69 Å². The zero-order chi connectivity index (χ0) is 17.6. The summed E-state index contributed by atoms with van der Waals surface area (Å²) in [6.07, 6.45) is 3.19. The molecule has 0 aliphatic heterocycles. The molecule has 0 bridgehead atoms. The molecule has 0 aliphatic carbocycles. The molecule has 0 aliphatic rings. The van der Waals surface area contributed by atoms with Gasteiger partial charge >= 0.3 is 0 Å². The molecular formula is C16H14N4O2S3. The van der Waals surface area contributed by atoms with E-state index in [-0.39, 0.29) is 0 Å². The monoisotopic (exact) mass is 390 g/mol. The third kappa shape index (κ3) is 3.06. The van der Waals surface area contributed by atoms with Crippen LogP contribution in [0.3, 0.4) is 0 Å². The summed E-state index contributed by atoms with van der Waals surface area (Å²) >= 11 is 3.09. The number of aryl methyl sites for hydroxylation is 1. The first kappa shape index (κ1) is 16.2. The Morgan fingerprint density at radius 3 is 2.60 bits per heavy atom. The third-order valence-corrected chi connectivity index (χ3v) is 6.36. The van der Waals surface area contributed by atoms with E-state index in [1.807, 2.05) is 28.3 Å². The molecule has 1 N–H and O–H groups in total. The van der Waals surface area contributed by atoms with Crippen LogP contribution in [0.2, 0.25) is 0 Å². The van der Waals surface area contributed by atoms with Crippen LogP contribution in [0.5, 0.6) is 0 Å². The number of nitrogens with one attached hydrogen (secondary N) is 1. The van der Waals surface area contributed by atoms with Crippen LogP contribution in [0, 0.1) is 6.92 Å². The Kier molecular flexibility index (Phi) is 3.86. The molecule has 0 atom stereocenters. The Bertz CT molecular complexity index is 1150.